The maximum atomic E-state index is 11.9. The molecule has 0 radical (unpaired) electrons. The van der Waals surface area contributed by atoms with E-state index in [1.807, 2.05) is 43.1 Å². The van der Waals surface area contributed by atoms with E-state index in [9.17, 15) is 4.79 Å². The smallest absolute Gasteiger partial charge is 0.238 e. The maximum Gasteiger partial charge on any atom is 0.238 e. The van der Waals surface area contributed by atoms with Crippen LogP contribution in [0.25, 0.3) is 0 Å². The number of benzene rings is 1. The van der Waals surface area contributed by atoms with Crippen molar-refractivity contribution in [3.05, 3.63) is 28.7 Å². The number of rotatable bonds is 6. The Bertz CT molecular complexity index is 467. The number of thiocarbonyl (C=S) groups is 1. The molecule has 4 nitrogen and oxygen atoms in total. The van der Waals surface area contributed by atoms with E-state index in [-0.39, 0.29) is 11.9 Å². The summed E-state index contributed by atoms with van der Waals surface area (Å²) in [6, 6.07) is 7.65. The number of amides is 1. The van der Waals surface area contributed by atoms with E-state index in [0.29, 0.717) is 18.0 Å². The molecule has 0 aliphatic carbocycles. The van der Waals surface area contributed by atoms with Gasteiger partial charge >= 0.3 is 0 Å². The molecule has 0 saturated heterocycles. The van der Waals surface area contributed by atoms with Gasteiger partial charge in [-0.3, -0.25) is 9.69 Å². The number of likely N-dealkylation sites (N-methyl/N-ethyl adjacent to an activating group) is 1. The summed E-state index contributed by atoms with van der Waals surface area (Å²) in [6.45, 7) is 2.29. The summed E-state index contributed by atoms with van der Waals surface area (Å²) in [7, 11) is 1.88. The first kappa shape index (κ1) is 16.1. The number of hydrogen-bond donors (Lipinski definition) is 2. The molecule has 0 bridgehead atoms. The summed E-state index contributed by atoms with van der Waals surface area (Å²) in [4.78, 5) is 14.3. The Hall–Kier alpha value is -0.980. The molecule has 0 aliphatic heterocycles. The topological polar surface area (TPSA) is 58.4 Å². The van der Waals surface area contributed by atoms with E-state index < -0.39 is 0 Å². The summed E-state index contributed by atoms with van der Waals surface area (Å²) in [5.41, 5.74) is 6.27. The van der Waals surface area contributed by atoms with Crippen LogP contribution in [0.2, 0.25) is 0 Å². The first-order valence-corrected chi connectivity index (χ1v) is 7.13. The number of carbonyl (C=O) groups excluding carboxylic acids is 1. The Labute approximate surface area is 127 Å². The van der Waals surface area contributed by atoms with Crippen molar-refractivity contribution in [2.75, 3.05) is 18.9 Å². The highest BCUT2D eigenvalue weighted by Crippen LogP contribution is 2.21. The molecule has 1 unspecified atom stereocenters. The van der Waals surface area contributed by atoms with E-state index in [1.54, 1.807) is 0 Å². The molecule has 1 atom stereocenters. The second-order valence-electron chi connectivity index (χ2n) is 4.46. The van der Waals surface area contributed by atoms with Crippen molar-refractivity contribution >= 4 is 44.7 Å². The van der Waals surface area contributed by atoms with Gasteiger partial charge in [0.25, 0.3) is 0 Å². The molecule has 1 aromatic rings. The summed E-state index contributed by atoms with van der Waals surface area (Å²) in [6.07, 6.45) is 0.605. The Morgan fingerprint density at radius 2 is 2.16 bits per heavy atom. The molecule has 3 N–H and O–H groups in total. The summed E-state index contributed by atoms with van der Waals surface area (Å²) < 4.78 is 0.863. The van der Waals surface area contributed by atoms with Crippen molar-refractivity contribution in [3.8, 4) is 0 Å². The molecule has 104 valence electrons. The Morgan fingerprint density at radius 1 is 1.53 bits per heavy atom. The van der Waals surface area contributed by atoms with Crippen LogP contribution in [0.1, 0.15) is 13.3 Å². The molecule has 6 heteroatoms. The van der Waals surface area contributed by atoms with E-state index in [2.05, 4.69) is 21.2 Å². The minimum Gasteiger partial charge on any atom is -0.393 e. The number of hydrogen-bond acceptors (Lipinski definition) is 3. The molecule has 0 fully saturated rings. The number of halogens is 1. The molecule has 0 aromatic heterocycles. The highest BCUT2D eigenvalue weighted by Gasteiger charge is 2.14. The average molecular weight is 344 g/mol. The fourth-order valence-corrected chi connectivity index (χ4v) is 2.21. The van der Waals surface area contributed by atoms with Crippen molar-refractivity contribution in [2.24, 2.45) is 5.73 Å². The van der Waals surface area contributed by atoms with Gasteiger partial charge in [-0.1, -0.05) is 24.4 Å². The van der Waals surface area contributed by atoms with Gasteiger partial charge < -0.3 is 11.1 Å². The Kier molecular flexibility index (Phi) is 6.41. The monoisotopic (exact) mass is 343 g/mol. The lowest BCUT2D eigenvalue weighted by atomic mass is 10.2. The fraction of sp³-hybridized carbons (Fsp3) is 0.385. The van der Waals surface area contributed by atoms with Crippen LogP contribution in [0, 0.1) is 0 Å². The largest absolute Gasteiger partial charge is 0.393 e. The van der Waals surface area contributed by atoms with Gasteiger partial charge in [-0.05, 0) is 42.0 Å². The van der Waals surface area contributed by atoms with Gasteiger partial charge in [0.05, 0.1) is 17.2 Å². The van der Waals surface area contributed by atoms with Gasteiger partial charge in [0.15, 0.2) is 0 Å². The Morgan fingerprint density at radius 3 is 2.74 bits per heavy atom. The van der Waals surface area contributed by atoms with Crippen molar-refractivity contribution < 1.29 is 4.79 Å². The van der Waals surface area contributed by atoms with Crippen LogP contribution in [0.3, 0.4) is 0 Å². The molecule has 0 heterocycles. The predicted octanol–water partition coefficient (Wildman–Crippen LogP) is 2.38. The molecular formula is C13H18BrN3OS. The van der Waals surface area contributed by atoms with Crippen molar-refractivity contribution in [3.63, 3.8) is 0 Å². The SMILES string of the molecule is CC(CC(N)=S)N(C)CC(=O)Nc1ccccc1Br. The first-order valence-electron chi connectivity index (χ1n) is 5.93. The molecule has 0 aliphatic rings. The van der Waals surface area contributed by atoms with E-state index >= 15 is 0 Å². The van der Waals surface area contributed by atoms with E-state index in [1.165, 1.54) is 0 Å². The van der Waals surface area contributed by atoms with Crippen LogP contribution in [0.5, 0.6) is 0 Å². The fourth-order valence-electron chi connectivity index (χ4n) is 1.58. The highest BCUT2D eigenvalue weighted by atomic mass is 79.9. The van der Waals surface area contributed by atoms with Gasteiger partial charge in [0.1, 0.15) is 0 Å². The predicted molar refractivity (Wildman–Crippen MR) is 86.3 cm³/mol. The lowest BCUT2D eigenvalue weighted by Crippen LogP contribution is -2.38. The lowest BCUT2D eigenvalue weighted by Gasteiger charge is -2.23. The van der Waals surface area contributed by atoms with Crippen LogP contribution in [-0.4, -0.2) is 35.4 Å². The normalized spacial score (nSPS) is 12.2. The van der Waals surface area contributed by atoms with Crippen LogP contribution in [0.15, 0.2) is 28.7 Å². The van der Waals surface area contributed by atoms with Gasteiger partial charge in [-0.15, -0.1) is 0 Å². The van der Waals surface area contributed by atoms with Crippen LogP contribution >= 0.6 is 28.1 Å². The van der Waals surface area contributed by atoms with Crippen LogP contribution in [-0.2, 0) is 4.79 Å². The highest BCUT2D eigenvalue weighted by molar-refractivity contribution is 9.10. The zero-order chi connectivity index (χ0) is 14.4. The van der Waals surface area contributed by atoms with Crippen molar-refractivity contribution in [2.45, 2.75) is 19.4 Å². The number of nitrogens with zero attached hydrogens (tertiary/aromatic N) is 1. The number of para-hydroxylation sites is 1. The van der Waals surface area contributed by atoms with Crippen LogP contribution < -0.4 is 11.1 Å². The minimum atomic E-state index is -0.0656. The standard InChI is InChI=1S/C13H18BrN3OS/c1-9(7-12(15)19)17(2)8-13(18)16-11-6-4-3-5-10(11)14/h3-6,9H,7-8H2,1-2H3,(H2,15,19)(H,16,18). The lowest BCUT2D eigenvalue weighted by molar-refractivity contribution is -0.117. The molecule has 0 saturated carbocycles. The van der Waals surface area contributed by atoms with Gasteiger partial charge in [0, 0.05) is 16.9 Å². The summed E-state index contributed by atoms with van der Waals surface area (Å²) in [5, 5.41) is 2.86. The first-order chi connectivity index (χ1) is 8.90. The quantitative estimate of drug-likeness (QED) is 0.778. The van der Waals surface area contributed by atoms with Gasteiger partial charge in [-0.25, -0.2) is 0 Å². The van der Waals surface area contributed by atoms with Crippen molar-refractivity contribution in [1.29, 1.82) is 0 Å². The zero-order valence-electron chi connectivity index (χ0n) is 11.0. The third-order valence-electron chi connectivity index (χ3n) is 2.79. The van der Waals surface area contributed by atoms with Gasteiger partial charge in [0.2, 0.25) is 5.91 Å². The zero-order valence-corrected chi connectivity index (χ0v) is 13.4. The minimum absolute atomic E-state index is 0.0656. The number of carbonyl (C=O) groups is 1. The molecule has 19 heavy (non-hydrogen) atoms. The van der Waals surface area contributed by atoms with Crippen molar-refractivity contribution in [1.82, 2.24) is 4.90 Å². The second-order valence-corrected chi connectivity index (χ2v) is 5.84. The number of nitrogens with two attached hydrogens (primary N) is 1. The Balaban J connectivity index is 2.51. The molecular weight excluding hydrogens is 326 g/mol. The van der Waals surface area contributed by atoms with E-state index in [0.717, 1.165) is 10.2 Å². The summed E-state index contributed by atoms with van der Waals surface area (Å²) >= 11 is 8.26. The number of anilines is 1. The second kappa shape index (κ2) is 7.57. The molecule has 1 rings (SSSR count). The van der Waals surface area contributed by atoms with E-state index in [4.69, 9.17) is 18.0 Å². The molecule has 1 aromatic carbocycles. The van der Waals surface area contributed by atoms with Crippen LogP contribution in [0.4, 0.5) is 5.69 Å². The number of nitrogens with one attached hydrogen (secondary N) is 1. The van der Waals surface area contributed by atoms with Gasteiger partial charge in [-0.2, -0.15) is 0 Å². The third-order valence-corrected chi connectivity index (χ3v) is 3.65. The molecule has 0 spiro atoms. The maximum absolute atomic E-state index is 11.9. The molecule has 1 amide bonds. The third kappa shape index (κ3) is 5.67. The summed E-state index contributed by atoms with van der Waals surface area (Å²) in [5.74, 6) is -0.0656. The average Bonchev–Trinajstić information content (AvgIpc) is 2.31.